The van der Waals surface area contributed by atoms with Gasteiger partial charge in [0.2, 0.25) is 0 Å². The molecule has 6 heteroatoms. The van der Waals surface area contributed by atoms with Gasteiger partial charge in [-0.1, -0.05) is 11.3 Å². The Morgan fingerprint density at radius 3 is 2.80 bits per heavy atom. The van der Waals surface area contributed by atoms with Crippen LogP contribution in [0.3, 0.4) is 0 Å². The lowest BCUT2D eigenvalue weighted by molar-refractivity contribution is 0.412. The molecule has 0 saturated carbocycles. The number of rotatable bonds is 2. The number of nitrogens with two attached hydrogens (primary N) is 1. The summed E-state index contributed by atoms with van der Waals surface area (Å²) in [5.41, 5.74) is 7.19. The molecule has 0 unspecified atom stereocenters. The van der Waals surface area contributed by atoms with E-state index in [4.69, 9.17) is 10.5 Å². The van der Waals surface area contributed by atoms with Crippen LogP contribution in [0.4, 0.5) is 9.52 Å². The quantitative estimate of drug-likeness (QED) is 0.759. The van der Waals surface area contributed by atoms with E-state index in [0.717, 1.165) is 0 Å². The van der Waals surface area contributed by atoms with Crippen molar-refractivity contribution in [1.82, 2.24) is 4.98 Å². The number of hydrogen-bond acceptors (Lipinski definition) is 5. The zero-order chi connectivity index (χ0) is 14.3. The van der Waals surface area contributed by atoms with Gasteiger partial charge in [0.25, 0.3) is 0 Å². The van der Waals surface area contributed by atoms with E-state index in [-0.39, 0.29) is 5.75 Å². The van der Waals surface area contributed by atoms with Crippen molar-refractivity contribution in [3.8, 4) is 22.6 Å². The highest BCUT2D eigenvalue weighted by Crippen LogP contribution is 2.39. The number of methoxy groups -OCH3 is 1. The Kier molecular flexibility index (Phi) is 2.94. The first-order valence-corrected chi connectivity index (χ1v) is 6.63. The molecule has 0 aliphatic carbocycles. The molecule has 0 aliphatic rings. The summed E-state index contributed by atoms with van der Waals surface area (Å²) in [5, 5.41) is 10.4. The maximum absolute atomic E-state index is 13.7. The van der Waals surface area contributed by atoms with Gasteiger partial charge in [-0.15, -0.1) is 0 Å². The fraction of sp³-hybridized carbons (Fsp3) is 0.0714. The molecule has 1 heterocycles. The van der Waals surface area contributed by atoms with Crippen LogP contribution in [0.2, 0.25) is 0 Å². The summed E-state index contributed by atoms with van der Waals surface area (Å²) in [6, 6.07) is 7.48. The highest BCUT2D eigenvalue weighted by Gasteiger charge is 2.14. The first-order valence-electron chi connectivity index (χ1n) is 5.81. The van der Waals surface area contributed by atoms with Gasteiger partial charge in [-0.2, -0.15) is 0 Å². The molecule has 4 nitrogen and oxygen atoms in total. The minimum absolute atomic E-state index is 0.0317. The summed E-state index contributed by atoms with van der Waals surface area (Å²) in [7, 11) is 1.53. The fourth-order valence-corrected chi connectivity index (χ4v) is 2.86. The molecule has 0 aliphatic heterocycles. The predicted octanol–water partition coefficient (Wildman–Crippen LogP) is 3.40. The molecule has 0 fully saturated rings. The van der Waals surface area contributed by atoms with Crippen LogP contribution < -0.4 is 10.5 Å². The zero-order valence-corrected chi connectivity index (χ0v) is 11.4. The van der Waals surface area contributed by atoms with Crippen molar-refractivity contribution < 1.29 is 14.2 Å². The number of benzene rings is 2. The average Bonchev–Trinajstić information content (AvgIpc) is 2.78. The number of anilines is 1. The van der Waals surface area contributed by atoms with E-state index in [2.05, 4.69) is 4.98 Å². The Morgan fingerprint density at radius 2 is 2.05 bits per heavy atom. The standard InChI is InChI=1S/C14H11FN2O2S/c1-19-8-2-3-11(18)9(6-8)10-4-7(15)5-12-13(10)17-14(16)20-12/h2-6,18H,1H3,(H2,16,17). The normalized spacial score (nSPS) is 10.9. The molecule has 1 aromatic heterocycles. The van der Waals surface area contributed by atoms with Gasteiger partial charge in [-0.05, 0) is 30.3 Å². The molecule has 0 radical (unpaired) electrons. The second kappa shape index (κ2) is 4.64. The summed E-state index contributed by atoms with van der Waals surface area (Å²) < 4.78 is 19.5. The third-order valence-corrected chi connectivity index (χ3v) is 3.80. The highest BCUT2D eigenvalue weighted by molar-refractivity contribution is 7.22. The lowest BCUT2D eigenvalue weighted by Gasteiger charge is -2.08. The van der Waals surface area contributed by atoms with Crippen molar-refractivity contribution in [1.29, 1.82) is 0 Å². The van der Waals surface area contributed by atoms with Gasteiger partial charge >= 0.3 is 0 Å². The number of aromatic hydroxyl groups is 1. The Labute approximate surface area is 118 Å². The summed E-state index contributed by atoms with van der Waals surface area (Å²) in [5.74, 6) is 0.195. The van der Waals surface area contributed by atoms with Crippen molar-refractivity contribution in [2.75, 3.05) is 12.8 Å². The molecular weight excluding hydrogens is 279 g/mol. The number of phenolic OH excluding ortho intramolecular Hbond substituents is 1. The monoisotopic (exact) mass is 290 g/mol. The van der Waals surface area contributed by atoms with Crippen molar-refractivity contribution >= 4 is 26.7 Å². The number of fused-ring (bicyclic) bond motifs is 1. The number of ether oxygens (including phenoxy) is 1. The number of halogens is 1. The molecular formula is C14H11FN2O2S. The Morgan fingerprint density at radius 1 is 1.25 bits per heavy atom. The van der Waals surface area contributed by atoms with Crippen LogP contribution in [0.1, 0.15) is 0 Å². The van der Waals surface area contributed by atoms with Gasteiger partial charge in [0.1, 0.15) is 17.3 Å². The Balaban J connectivity index is 2.33. The second-order valence-corrected chi connectivity index (χ2v) is 5.30. The van der Waals surface area contributed by atoms with Crippen LogP contribution in [0.25, 0.3) is 21.3 Å². The van der Waals surface area contributed by atoms with Gasteiger partial charge in [-0.3, -0.25) is 0 Å². The smallest absolute Gasteiger partial charge is 0.181 e. The SMILES string of the molecule is COc1ccc(O)c(-c2cc(F)cc3sc(N)nc23)c1. The molecule has 0 spiro atoms. The third-order valence-electron chi connectivity index (χ3n) is 2.97. The second-order valence-electron chi connectivity index (χ2n) is 4.24. The number of phenols is 1. The molecule has 2 aromatic carbocycles. The van der Waals surface area contributed by atoms with Crippen molar-refractivity contribution in [2.45, 2.75) is 0 Å². The van der Waals surface area contributed by atoms with E-state index in [1.54, 1.807) is 12.1 Å². The molecule has 3 rings (SSSR count). The predicted molar refractivity (Wildman–Crippen MR) is 77.6 cm³/mol. The van der Waals surface area contributed by atoms with Crippen LogP contribution >= 0.6 is 11.3 Å². The van der Waals surface area contributed by atoms with Gasteiger partial charge < -0.3 is 15.6 Å². The molecule has 0 amide bonds. The van der Waals surface area contributed by atoms with Crippen LogP contribution in [-0.4, -0.2) is 17.2 Å². The summed E-state index contributed by atoms with van der Waals surface area (Å²) in [6.07, 6.45) is 0. The first-order chi connectivity index (χ1) is 9.58. The molecule has 20 heavy (non-hydrogen) atoms. The van der Waals surface area contributed by atoms with Crippen LogP contribution in [0, 0.1) is 5.82 Å². The number of nitrogens with zero attached hydrogens (tertiary/aromatic N) is 1. The first kappa shape index (κ1) is 12.7. The molecule has 3 N–H and O–H groups in total. The summed E-state index contributed by atoms with van der Waals surface area (Å²) in [4.78, 5) is 4.20. The number of hydrogen-bond donors (Lipinski definition) is 2. The number of nitrogen functional groups attached to an aromatic ring is 1. The maximum atomic E-state index is 13.7. The maximum Gasteiger partial charge on any atom is 0.181 e. The van der Waals surface area contributed by atoms with E-state index in [1.807, 2.05) is 0 Å². The lowest BCUT2D eigenvalue weighted by atomic mass is 10.0. The van der Waals surface area contributed by atoms with Crippen molar-refractivity contribution in [2.24, 2.45) is 0 Å². The molecule has 3 aromatic rings. The minimum atomic E-state index is -0.404. The van der Waals surface area contributed by atoms with Gasteiger partial charge in [0, 0.05) is 11.1 Å². The van der Waals surface area contributed by atoms with Crippen molar-refractivity contribution in [3.05, 3.63) is 36.1 Å². The van der Waals surface area contributed by atoms with Crippen LogP contribution in [0.15, 0.2) is 30.3 Å². The molecule has 102 valence electrons. The van der Waals surface area contributed by atoms with E-state index < -0.39 is 5.82 Å². The average molecular weight is 290 g/mol. The molecule has 0 saturated heterocycles. The van der Waals surface area contributed by atoms with Gasteiger partial charge in [0.05, 0.1) is 17.3 Å². The highest BCUT2D eigenvalue weighted by atomic mass is 32.1. The third kappa shape index (κ3) is 2.04. The van der Waals surface area contributed by atoms with E-state index >= 15 is 0 Å². The fourth-order valence-electron chi connectivity index (χ4n) is 2.08. The summed E-state index contributed by atoms with van der Waals surface area (Å²) >= 11 is 1.20. The Bertz CT molecular complexity index is 801. The van der Waals surface area contributed by atoms with Gasteiger partial charge in [0.15, 0.2) is 5.13 Å². The molecule has 0 atom stereocenters. The van der Waals surface area contributed by atoms with E-state index in [9.17, 15) is 9.50 Å². The van der Waals surface area contributed by atoms with E-state index in [0.29, 0.717) is 32.2 Å². The number of thiazole rings is 1. The largest absolute Gasteiger partial charge is 0.507 e. The Hall–Kier alpha value is -2.34. The van der Waals surface area contributed by atoms with Crippen molar-refractivity contribution in [3.63, 3.8) is 0 Å². The van der Waals surface area contributed by atoms with Crippen LogP contribution in [-0.2, 0) is 0 Å². The summed E-state index contributed by atoms with van der Waals surface area (Å²) in [6.45, 7) is 0. The van der Waals surface area contributed by atoms with E-state index in [1.165, 1.54) is 36.6 Å². The topological polar surface area (TPSA) is 68.4 Å². The molecule has 0 bridgehead atoms. The number of aromatic nitrogens is 1. The minimum Gasteiger partial charge on any atom is -0.507 e. The van der Waals surface area contributed by atoms with Crippen LogP contribution in [0.5, 0.6) is 11.5 Å². The van der Waals surface area contributed by atoms with Gasteiger partial charge in [-0.25, -0.2) is 9.37 Å². The lowest BCUT2D eigenvalue weighted by Crippen LogP contribution is -1.88. The zero-order valence-electron chi connectivity index (χ0n) is 10.6.